The first-order chi connectivity index (χ1) is 10.1. The topological polar surface area (TPSA) is 41.1 Å². The molecule has 5 heteroatoms. The number of benzene rings is 2. The van der Waals surface area contributed by atoms with E-state index in [0.29, 0.717) is 23.0 Å². The Labute approximate surface area is 134 Å². The van der Waals surface area contributed by atoms with Crippen molar-refractivity contribution < 1.29 is 4.79 Å². The van der Waals surface area contributed by atoms with Crippen LogP contribution in [-0.4, -0.2) is 5.91 Å². The van der Waals surface area contributed by atoms with Crippen molar-refractivity contribution in [2.24, 2.45) is 0 Å². The van der Waals surface area contributed by atoms with Crippen LogP contribution in [-0.2, 0) is 11.3 Å². The number of nitrogens with one attached hydrogen (secondary N) is 2. The Bertz CT molecular complexity index is 644. The van der Waals surface area contributed by atoms with E-state index in [0.717, 1.165) is 16.9 Å². The second-order valence-electron chi connectivity index (χ2n) is 4.58. The maximum absolute atomic E-state index is 11.4. The van der Waals surface area contributed by atoms with Gasteiger partial charge in [-0.3, -0.25) is 4.79 Å². The Morgan fingerprint density at radius 3 is 2.52 bits per heavy atom. The smallest absolute Gasteiger partial charge is 0.224 e. The Morgan fingerprint density at radius 2 is 1.81 bits per heavy atom. The quantitative estimate of drug-likeness (QED) is 0.817. The predicted octanol–water partition coefficient (Wildman–Crippen LogP) is 4.95. The third-order valence-corrected chi connectivity index (χ3v) is 3.69. The highest BCUT2D eigenvalue weighted by atomic mass is 35.5. The molecule has 0 saturated carbocycles. The van der Waals surface area contributed by atoms with Crippen molar-refractivity contribution in [1.82, 2.24) is 0 Å². The van der Waals surface area contributed by atoms with Crippen molar-refractivity contribution in [1.29, 1.82) is 0 Å². The zero-order valence-corrected chi connectivity index (χ0v) is 13.1. The molecule has 0 fully saturated rings. The number of carbonyl (C=O) groups excluding carboxylic acids is 1. The van der Waals surface area contributed by atoms with E-state index < -0.39 is 0 Å². The summed E-state index contributed by atoms with van der Waals surface area (Å²) in [5.74, 6) is -0.00312. The van der Waals surface area contributed by atoms with Gasteiger partial charge in [0.15, 0.2) is 0 Å². The van der Waals surface area contributed by atoms with E-state index >= 15 is 0 Å². The standard InChI is InChI=1S/C16H16Cl2N2O/c1-2-16(21)20-13-5-3-4-12(9-13)19-10-11-6-7-14(17)15(18)8-11/h3-9,19H,2,10H2,1H3,(H,20,21). The highest BCUT2D eigenvalue weighted by molar-refractivity contribution is 6.42. The minimum Gasteiger partial charge on any atom is -0.381 e. The Morgan fingerprint density at radius 1 is 1.05 bits per heavy atom. The SMILES string of the molecule is CCC(=O)Nc1cccc(NCc2ccc(Cl)c(Cl)c2)c1. The van der Waals surface area contributed by atoms with Gasteiger partial charge in [-0.1, -0.05) is 42.3 Å². The second-order valence-corrected chi connectivity index (χ2v) is 5.40. The molecule has 0 saturated heterocycles. The number of hydrogen-bond acceptors (Lipinski definition) is 2. The molecule has 2 aromatic carbocycles. The normalized spacial score (nSPS) is 10.2. The van der Waals surface area contributed by atoms with Gasteiger partial charge in [-0.2, -0.15) is 0 Å². The first-order valence-electron chi connectivity index (χ1n) is 6.66. The van der Waals surface area contributed by atoms with E-state index in [4.69, 9.17) is 23.2 Å². The van der Waals surface area contributed by atoms with E-state index in [1.807, 2.05) is 43.3 Å². The van der Waals surface area contributed by atoms with Gasteiger partial charge in [-0.05, 0) is 35.9 Å². The van der Waals surface area contributed by atoms with Crippen molar-refractivity contribution in [3.8, 4) is 0 Å². The Kier molecular flexibility index (Phi) is 5.48. The van der Waals surface area contributed by atoms with E-state index in [2.05, 4.69) is 10.6 Å². The van der Waals surface area contributed by atoms with Crippen molar-refractivity contribution in [2.45, 2.75) is 19.9 Å². The van der Waals surface area contributed by atoms with E-state index in [1.165, 1.54) is 0 Å². The minimum atomic E-state index is -0.00312. The van der Waals surface area contributed by atoms with Crippen LogP contribution in [0.15, 0.2) is 42.5 Å². The molecule has 0 heterocycles. The highest BCUT2D eigenvalue weighted by Gasteiger charge is 2.02. The summed E-state index contributed by atoms with van der Waals surface area (Å²) in [6.45, 7) is 2.45. The molecule has 21 heavy (non-hydrogen) atoms. The van der Waals surface area contributed by atoms with Crippen molar-refractivity contribution in [3.63, 3.8) is 0 Å². The third kappa shape index (κ3) is 4.66. The number of halogens is 2. The summed E-state index contributed by atoms with van der Waals surface area (Å²) in [7, 11) is 0. The van der Waals surface area contributed by atoms with Crippen LogP contribution in [0.3, 0.4) is 0 Å². The first-order valence-corrected chi connectivity index (χ1v) is 7.42. The molecular formula is C16H16Cl2N2O. The lowest BCUT2D eigenvalue weighted by Gasteiger charge is -2.10. The van der Waals surface area contributed by atoms with Gasteiger partial charge in [0.2, 0.25) is 5.91 Å². The summed E-state index contributed by atoms with van der Waals surface area (Å²) in [6, 6.07) is 13.1. The highest BCUT2D eigenvalue weighted by Crippen LogP contribution is 2.23. The van der Waals surface area contributed by atoms with Crippen LogP contribution >= 0.6 is 23.2 Å². The number of anilines is 2. The molecule has 0 radical (unpaired) electrons. The van der Waals surface area contributed by atoms with Crippen LogP contribution in [0.5, 0.6) is 0 Å². The molecule has 0 spiro atoms. The lowest BCUT2D eigenvalue weighted by atomic mass is 10.2. The molecule has 0 aliphatic carbocycles. The average Bonchev–Trinajstić information content (AvgIpc) is 2.49. The maximum atomic E-state index is 11.4. The fraction of sp³-hybridized carbons (Fsp3) is 0.188. The van der Waals surface area contributed by atoms with Crippen molar-refractivity contribution in [3.05, 3.63) is 58.1 Å². The van der Waals surface area contributed by atoms with E-state index in [1.54, 1.807) is 6.07 Å². The number of rotatable bonds is 5. The zero-order chi connectivity index (χ0) is 15.2. The second kappa shape index (κ2) is 7.34. The fourth-order valence-electron chi connectivity index (χ4n) is 1.81. The van der Waals surface area contributed by atoms with Gasteiger partial charge in [0.05, 0.1) is 10.0 Å². The summed E-state index contributed by atoms with van der Waals surface area (Å²) < 4.78 is 0. The molecule has 0 aromatic heterocycles. The Balaban J connectivity index is 2.01. The van der Waals surface area contributed by atoms with Crippen LogP contribution in [0, 0.1) is 0 Å². The monoisotopic (exact) mass is 322 g/mol. The molecule has 0 aliphatic heterocycles. The molecular weight excluding hydrogens is 307 g/mol. The van der Waals surface area contributed by atoms with Gasteiger partial charge < -0.3 is 10.6 Å². The molecule has 0 bridgehead atoms. The number of hydrogen-bond donors (Lipinski definition) is 2. The summed E-state index contributed by atoms with van der Waals surface area (Å²) in [5, 5.41) is 7.20. The fourth-order valence-corrected chi connectivity index (χ4v) is 2.13. The van der Waals surface area contributed by atoms with Crippen molar-refractivity contribution >= 4 is 40.5 Å². The van der Waals surface area contributed by atoms with E-state index in [-0.39, 0.29) is 5.91 Å². The van der Waals surface area contributed by atoms with Crippen molar-refractivity contribution in [2.75, 3.05) is 10.6 Å². The van der Waals surface area contributed by atoms with Gasteiger partial charge in [0, 0.05) is 24.3 Å². The summed E-state index contributed by atoms with van der Waals surface area (Å²) in [5.41, 5.74) is 2.74. The summed E-state index contributed by atoms with van der Waals surface area (Å²) in [4.78, 5) is 11.4. The lowest BCUT2D eigenvalue weighted by molar-refractivity contribution is -0.115. The first kappa shape index (κ1) is 15.7. The van der Waals surface area contributed by atoms with Gasteiger partial charge in [0.25, 0.3) is 0 Å². The molecule has 2 aromatic rings. The molecule has 2 rings (SSSR count). The number of amides is 1. The van der Waals surface area contributed by atoms with Crippen LogP contribution in [0.1, 0.15) is 18.9 Å². The summed E-state index contributed by atoms with van der Waals surface area (Å²) in [6.07, 6.45) is 0.459. The molecule has 0 unspecified atom stereocenters. The van der Waals surface area contributed by atoms with Gasteiger partial charge in [0.1, 0.15) is 0 Å². The zero-order valence-electron chi connectivity index (χ0n) is 11.6. The molecule has 1 amide bonds. The maximum Gasteiger partial charge on any atom is 0.224 e. The molecule has 0 aliphatic rings. The molecule has 110 valence electrons. The van der Waals surface area contributed by atoms with Crippen LogP contribution in [0.2, 0.25) is 10.0 Å². The summed E-state index contributed by atoms with van der Waals surface area (Å²) >= 11 is 11.9. The molecule has 3 nitrogen and oxygen atoms in total. The number of carbonyl (C=O) groups is 1. The third-order valence-electron chi connectivity index (χ3n) is 2.95. The van der Waals surface area contributed by atoms with Gasteiger partial charge in [-0.25, -0.2) is 0 Å². The minimum absolute atomic E-state index is 0.00312. The predicted molar refractivity (Wildman–Crippen MR) is 89.2 cm³/mol. The lowest BCUT2D eigenvalue weighted by Crippen LogP contribution is -2.09. The van der Waals surface area contributed by atoms with Crippen LogP contribution in [0.25, 0.3) is 0 Å². The largest absolute Gasteiger partial charge is 0.381 e. The van der Waals surface area contributed by atoms with E-state index in [9.17, 15) is 4.79 Å². The Hall–Kier alpha value is -1.71. The van der Waals surface area contributed by atoms with Crippen LogP contribution in [0.4, 0.5) is 11.4 Å². The van der Waals surface area contributed by atoms with Crippen LogP contribution < -0.4 is 10.6 Å². The van der Waals surface area contributed by atoms with Gasteiger partial charge in [-0.15, -0.1) is 0 Å². The van der Waals surface area contributed by atoms with Gasteiger partial charge >= 0.3 is 0 Å². The molecule has 0 atom stereocenters. The molecule has 2 N–H and O–H groups in total. The average molecular weight is 323 g/mol.